The highest BCUT2D eigenvalue weighted by Gasteiger charge is 2.24. The van der Waals surface area contributed by atoms with E-state index in [0.717, 1.165) is 48.6 Å². The van der Waals surface area contributed by atoms with Crippen molar-refractivity contribution in [2.75, 3.05) is 15.8 Å². The van der Waals surface area contributed by atoms with Gasteiger partial charge in [0.25, 0.3) is 0 Å². The number of fused-ring (bicyclic) bond motifs is 2. The molecule has 0 atom stereocenters. The Morgan fingerprint density at radius 1 is 1.16 bits per heavy atom. The van der Waals surface area contributed by atoms with Gasteiger partial charge in [0.1, 0.15) is 5.69 Å². The smallest absolute Gasteiger partial charge is 0.229 e. The van der Waals surface area contributed by atoms with Crippen molar-refractivity contribution in [1.82, 2.24) is 15.5 Å². The number of rotatable bonds is 7. The van der Waals surface area contributed by atoms with Crippen molar-refractivity contribution in [3.8, 4) is 0 Å². The number of Topliss-reactive ketones (excluding diaryl/α,β-unsaturated/α-hetero) is 1. The van der Waals surface area contributed by atoms with Crippen LogP contribution < -0.4 is 21.3 Å². The molecule has 0 spiro atoms. The minimum Gasteiger partial charge on any atom is -0.324 e. The first kappa shape index (κ1) is 19.5. The number of benzene rings is 2. The average Bonchev–Trinajstić information content (AvgIpc) is 3.43. The van der Waals surface area contributed by atoms with Crippen LogP contribution in [-0.2, 0) is 12.8 Å². The number of hydrogen-bond acceptors (Lipinski definition) is 7. The summed E-state index contributed by atoms with van der Waals surface area (Å²) in [6, 6.07) is 14.1. The lowest BCUT2D eigenvalue weighted by atomic mass is 10.1. The normalized spacial score (nSPS) is 14.2. The topological polar surface area (TPSA) is 82.2 Å². The fourth-order valence-electron chi connectivity index (χ4n) is 4.13. The molecule has 5 rings (SSSR count). The molecule has 7 heteroatoms. The van der Waals surface area contributed by atoms with Crippen LogP contribution in [0.1, 0.15) is 54.1 Å². The third-order valence-electron chi connectivity index (χ3n) is 5.82. The number of aromatic nitrogens is 2. The van der Waals surface area contributed by atoms with Crippen molar-refractivity contribution in [1.29, 1.82) is 0 Å². The number of aryl methyl sites for hydroxylation is 2. The van der Waals surface area contributed by atoms with Gasteiger partial charge in [-0.05, 0) is 61.1 Å². The van der Waals surface area contributed by atoms with Gasteiger partial charge in [-0.25, -0.2) is 9.99 Å². The molecule has 0 radical (unpaired) electrons. The summed E-state index contributed by atoms with van der Waals surface area (Å²) in [5.41, 5.74) is 12.5. The lowest BCUT2D eigenvalue weighted by molar-refractivity contribution is 0.0980. The summed E-state index contributed by atoms with van der Waals surface area (Å²) in [6.07, 6.45) is 7.74. The second-order valence-electron chi connectivity index (χ2n) is 8.04. The molecule has 0 bridgehead atoms. The maximum absolute atomic E-state index is 12.4. The summed E-state index contributed by atoms with van der Waals surface area (Å²) < 4.78 is 0. The van der Waals surface area contributed by atoms with Crippen LogP contribution in [0.15, 0.2) is 48.7 Å². The molecule has 0 saturated carbocycles. The standard InChI is InChI=1S/C24H26N6O/c1-2-3-10-22(31)18-8-5-9-19(13-18)26-24-25-15-21-23(27-24)30(29-28-21)20-12-11-16-6-4-7-17(16)14-20/h5,8-9,11-15,28-29H,2-4,6-7,10H2,1H3,(H,25,26,27). The van der Waals surface area contributed by atoms with E-state index in [1.807, 2.05) is 29.3 Å². The number of nitrogens with one attached hydrogen (secondary N) is 3. The van der Waals surface area contributed by atoms with Crippen molar-refractivity contribution in [2.24, 2.45) is 0 Å². The molecule has 0 amide bonds. The molecule has 2 aromatic carbocycles. The Kier molecular flexibility index (Phi) is 5.26. The minimum atomic E-state index is 0.163. The van der Waals surface area contributed by atoms with Crippen LogP contribution in [0.25, 0.3) is 0 Å². The largest absolute Gasteiger partial charge is 0.324 e. The van der Waals surface area contributed by atoms with E-state index < -0.39 is 0 Å². The van der Waals surface area contributed by atoms with Gasteiger partial charge in [0.15, 0.2) is 11.6 Å². The number of hydrazine groups is 2. The fraction of sp³-hybridized carbons (Fsp3) is 0.292. The van der Waals surface area contributed by atoms with E-state index >= 15 is 0 Å². The maximum Gasteiger partial charge on any atom is 0.229 e. The van der Waals surface area contributed by atoms with Gasteiger partial charge in [-0.1, -0.05) is 31.5 Å². The molecule has 3 aromatic rings. The molecule has 1 aromatic heterocycles. The quantitative estimate of drug-likeness (QED) is 0.466. The number of carbonyl (C=O) groups excluding carboxylic acids is 1. The van der Waals surface area contributed by atoms with Crippen molar-refractivity contribution >= 4 is 34.6 Å². The number of hydrogen-bond donors (Lipinski definition) is 3. The molecule has 0 fully saturated rings. The minimum absolute atomic E-state index is 0.163. The summed E-state index contributed by atoms with van der Waals surface area (Å²) in [5, 5.41) is 5.18. The Hall–Kier alpha value is -3.45. The summed E-state index contributed by atoms with van der Waals surface area (Å²) in [4.78, 5) is 21.5. The summed E-state index contributed by atoms with van der Waals surface area (Å²) in [7, 11) is 0. The van der Waals surface area contributed by atoms with E-state index in [9.17, 15) is 4.79 Å². The molecule has 0 unspecified atom stereocenters. The Labute approximate surface area is 181 Å². The van der Waals surface area contributed by atoms with Gasteiger partial charge >= 0.3 is 0 Å². The van der Waals surface area contributed by atoms with Crippen LogP contribution in [0, 0.1) is 0 Å². The first-order valence-corrected chi connectivity index (χ1v) is 10.9. The second-order valence-corrected chi connectivity index (χ2v) is 8.04. The highest BCUT2D eigenvalue weighted by Crippen LogP contribution is 2.35. The molecule has 158 valence electrons. The van der Waals surface area contributed by atoms with Gasteiger partial charge in [0.2, 0.25) is 5.95 Å². The van der Waals surface area contributed by atoms with Crippen molar-refractivity contribution in [3.05, 3.63) is 65.4 Å². The van der Waals surface area contributed by atoms with Crippen LogP contribution in [0.3, 0.4) is 0 Å². The van der Waals surface area contributed by atoms with Crippen LogP contribution in [0.4, 0.5) is 28.8 Å². The first-order chi connectivity index (χ1) is 15.2. The fourth-order valence-corrected chi connectivity index (χ4v) is 4.13. The molecule has 0 saturated heterocycles. The van der Waals surface area contributed by atoms with Crippen molar-refractivity contribution in [2.45, 2.75) is 45.4 Å². The lowest BCUT2D eigenvalue weighted by Gasteiger charge is -2.18. The first-order valence-electron chi connectivity index (χ1n) is 10.9. The summed E-state index contributed by atoms with van der Waals surface area (Å²) in [6.45, 7) is 2.09. The van der Waals surface area contributed by atoms with E-state index in [-0.39, 0.29) is 5.78 Å². The van der Waals surface area contributed by atoms with Gasteiger partial charge in [0, 0.05) is 17.7 Å². The van der Waals surface area contributed by atoms with E-state index in [2.05, 4.69) is 46.4 Å². The van der Waals surface area contributed by atoms with Gasteiger partial charge in [-0.15, -0.1) is 5.53 Å². The number of nitrogens with zero attached hydrogens (tertiary/aromatic N) is 3. The van der Waals surface area contributed by atoms with E-state index in [0.29, 0.717) is 17.9 Å². The molecule has 2 heterocycles. The predicted octanol–water partition coefficient (Wildman–Crippen LogP) is 5.07. The number of unbranched alkanes of at least 4 members (excludes halogenated alkanes) is 1. The highest BCUT2D eigenvalue weighted by atomic mass is 16.1. The highest BCUT2D eigenvalue weighted by molar-refractivity contribution is 5.97. The van der Waals surface area contributed by atoms with Crippen LogP contribution in [0.5, 0.6) is 0 Å². The Morgan fingerprint density at radius 3 is 2.97 bits per heavy atom. The number of ketones is 1. The zero-order valence-corrected chi connectivity index (χ0v) is 17.6. The van der Waals surface area contributed by atoms with Gasteiger partial charge in [-0.2, -0.15) is 4.98 Å². The second kappa shape index (κ2) is 8.35. The summed E-state index contributed by atoms with van der Waals surface area (Å²) in [5.74, 6) is 1.40. The SMILES string of the molecule is CCCCC(=O)c1cccc(Nc2ncc3c(n2)N(c2ccc4c(c2)CCC4)NN3)c1. The zero-order chi connectivity index (χ0) is 21.2. The molecule has 31 heavy (non-hydrogen) atoms. The van der Waals surface area contributed by atoms with E-state index in [1.165, 1.54) is 17.5 Å². The van der Waals surface area contributed by atoms with Gasteiger partial charge < -0.3 is 5.32 Å². The molecule has 1 aliphatic heterocycles. The van der Waals surface area contributed by atoms with Crippen LogP contribution in [0.2, 0.25) is 0 Å². The van der Waals surface area contributed by atoms with Crippen molar-refractivity contribution < 1.29 is 4.79 Å². The van der Waals surface area contributed by atoms with Gasteiger partial charge in [0.05, 0.1) is 11.9 Å². The molecule has 3 N–H and O–H groups in total. The third kappa shape index (κ3) is 3.96. The molecular formula is C24H26N6O. The third-order valence-corrected chi connectivity index (χ3v) is 5.82. The Morgan fingerprint density at radius 2 is 2.06 bits per heavy atom. The van der Waals surface area contributed by atoms with Gasteiger partial charge in [-0.3, -0.25) is 10.2 Å². The Balaban J connectivity index is 1.37. The molecule has 1 aliphatic carbocycles. The average molecular weight is 415 g/mol. The number of carbonyl (C=O) groups is 1. The zero-order valence-electron chi connectivity index (χ0n) is 17.6. The molecule has 7 nitrogen and oxygen atoms in total. The summed E-state index contributed by atoms with van der Waals surface area (Å²) >= 11 is 0. The van der Waals surface area contributed by atoms with Crippen LogP contribution in [-0.4, -0.2) is 15.8 Å². The van der Waals surface area contributed by atoms with E-state index in [1.54, 1.807) is 6.20 Å². The Bertz CT molecular complexity index is 1130. The monoisotopic (exact) mass is 414 g/mol. The van der Waals surface area contributed by atoms with Crippen LogP contribution >= 0.6 is 0 Å². The molecule has 2 aliphatic rings. The van der Waals surface area contributed by atoms with Crippen molar-refractivity contribution in [3.63, 3.8) is 0 Å². The predicted molar refractivity (Wildman–Crippen MR) is 123 cm³/mol. The lowest BCUT2D eigenvalue weighted by Crippen LogP contribution is -2.31. The van der Waals surface area contributed by atoms with E-state index in [4.69, 9.17) is 4.98 Å². The maximum atomic E-state index is 12.4. The molecular weight excluding hydrogens is 388 g/mol. The number of anilines is 5.